The number of hydrogen-bond acceptors (Lipinski definition) is 3. The van der Waals surface area contributed by atoms with Crippen molar-refractivity contribution in [3.63, 3.8) is 0 Å². The Morgan fingerprint density at radius 3 is 2.70 bits per heavy atom. The third kappa shape index (κ3) is 3.10. The van der Waals surface area contributed by atoms with Crippen molar-refractivity contribution >= 4 is 12.0 Å². The number of hydrogen-bond donors (Lipinski definition) is 0. The topological polar surface area (TPSA) is 49.9 Å². The molecule has 1 aromatic rings. The Balaban J connectivity index is 2.01. The normalized spacial score (nSPS) is 17.9. The summed E-state index contributed by atoms with van der Waals surface area (Å²) >= 11 is 0. The minimum atomic E-state index is -0.422. The van der Waals surface area contributed by atoms with Crippen molar-refractivity contribution in [3.05, 3.63) is 35.9 Å². The molecule has 0 radical (unpaired) electrons. The van der Waals surface area contributed by atoms with Crippen molar-refractivity contribution in [1.29, 1.82) is 0 Å². The molecule has 1 aliphatic rings. The molecule has 1 aliphatic heterocycles. The molecule has 0 aromatic heterocycles. The fraction of sp³-hybridized carbons (Fsp3) is 0.467. The van der Waals surface area contributed by atoms with Crippen molar-refractivity contribution in [3.8, 4) is 0 Å². The summed E-state index contributed by atoms with van der Waals surface area (Å²) in [6, 6.07) is 9.42. The number of benzene rings is 1. The standard InChI is InChI=1S/C15H20N2O3/c1-16(11-12-7-4-3-5-8-12)14(18)13-9-6-10-17(13)15(19)20-2/h3-5,7-8,13H,6,9-11H2,1-2H3. The lowest BCUT2D eigenvalue weighted by molar-refractivity contribution is -0.134. The Bertz CT molecular complexity index is 475. The van der Waals surface area contributed by atoms with Crippen LogP contribution in [-0.4, -0.2) is 48.5 Å². The number of likely N-dealkylation sites (N-methyl/N-ethyl adjacent to an activating group) is 1. The number of methoxy groups -OCH3 is 1. The van der Waals surface area contributed by atoms with E-state index in [1.807, 2.05) is 30.3 Å². The van der Waals surface area contributed by atoms with E-state index < -0.39 is 12.1 Å². The zero-order valence-corrected chi connectivity index (χ0v) is 11.9. The number of carbonyl (C=O) groups is 2. The van der Waals surface area contributed by atoms with Gasteiger partial charge in [0.25, 0.3) is 0 Å². The number of likely N-dealkylation sites (tertiary alicyclic amines) is 1. The predicted molar refractivity (Wildman–Crippen MR) is 75.0 cm³/mol. The second-order valence-corrected chi connectivity index (χ2v) is 5.00. The molecule has 1 fully saturated rings. The van der Waals surface area contributed by atoms with E-state index in [1.165, 1.54) is 12.0 Å². The molecule has 1 unspecified atom stereocenters. The highest BCUT2D eigenvalue weighted by atomic mass is 16.5. The summed E-state index contributed by atoms with van der Waals surface area (Å²) in [6.45, 7) is 1.13. The van der Waals surface area contributed by atoms with Crippen LogP contribution in [0.2, 0.25) is 0 Å². The Labute approximate surface area is 119 Å². The molecule has 20 heavy (non-hydrogen) atoms. The van der Waals surface area contributed by atoms with Gasteiger partial charge in [0.2, 0.25) is 5.91 Å². The van der Waals surface area contributed by atoms with E-state index in [4.69, 9.17) is 4.74 Å². The molecule has 0 bridgehead atoms. The molecule has 0 aliphatic carbocycles. The Morgan fingerprint density at radius 2 is 2.05 bits per heavy atom. The molecule has 0 spiro atoms. The van der Waals surface area contributed by atoms with E-state index >= 15 is 0 Å². The van der Waals surface area contributed by atoms with E-state index in [0.717, 1.165) is 12.0 Å². The Hall–Kier alpha value is -2.04. The van der Waals surface area contributed by atoms with Crippen LogP contribution in [-0.2, 0) is 16.1 Å². The number of carbonyl (C=O) groups excluding carboxylic acids is 2. The Kier molecular flexibility index (Phi) is 4.61. The maximum absolute atomic E-state index is 12.5. The van der Waals surface area contributed by atoms with Gasteiger partial charge in [-0.25, -0.2) is 4.79 Å². The van der Waals surface area contributed by atoms with Crippen LogP contribution in [0.3, 0.4) is 0 Å². The van der Waals surface area contributed by atoms with Crippen molar-refractivity contribution in [2.45, 2.75) is 25.4 Å². The molecule has 1 saturated heterocycles. The van der Waals surface area contributed by atoms with Crippen molar-refractivity contribution in [2.75, 3.05) is 20.7 Å². The van der Waals surface area contributed by atoms with Gasteiger partial charge >= 0.3 is 6.09 Å². The fourth-order valence-corrected chi connectivity index (χ4v) is 2.55. The SMILES string of the molecule is COC(=O)N1CCCC1C(=O)N(C)Cc1ccccc1. The minimum Gasteiger partial charge on any atom is -0.453 e. The summed E-state index contributed by atoms with van der Waals surface area (Å²) in [4.78, 5) is 27.3. The van der Waals surface area contributed by atoms with Gasteiger partial charge in [0.15, 0.2) is 0 Å². The first-order valence-corrected chi connectivity index (χ1v) is 6.77. The van der Waals surface area contributed by atoms with Gasteiger partial charge in [0.1, 0.15) is 6.04 Å². The van der Waals surface area contributed by atoms with Gasteiger partial charge in [-0.3, -0.25) is 9.69 Å². The van der Waals surface area contributed by atoms with E-state index in [2.05, 4.69) is 0 Å². The highest BCUT2D eigenvalue weighted by molar-refractivity contribution is 5.86. The summed E-state index contributed by atoms with van der Waals surface area (Å²) in [5.41, 5.74) is 1.07. The third-order valence-corrected chi connectivity index (χ3v) is 3.59. The molecule has 0 N–H and O–H groups in total. The van der Waals surface area contributed by atoms with Crippen LogP contribution in [0.4, 0.5) is 4.79 Å². The van der Waals surface area contributed by atoms with Gasteiger partial charge in [-0.15, -0.1) is 0 Å². The fourth-order valence-electron chi connectivity index (χ4n) is 2.55. The predicted octanol–water partition coefficient (Wildman–Crippen LogP) is 1.88. The lowest BCUT2D eigenvalue weighted by Gasteiger charge is -2.27. The van der Waals surface area contributed by atoms with Crippen molar-refractivity contribution < 1.29 is 14.3 Å². The van der Waals surface area contributed by atoms with E-state index in [9.17, 15) is 9.59 Å². The van der Waals surface area contributed by atoms with Crippen LogP contribution in [0.15, 0.2) is 30.3 Å². The van der Waals surface area contributed by atoms with Gasteiger partial charge in [-0.05, 0) is 18.4 Å². The number of rotatable bonds is 3. The largest absolute Gasteiger partial charge is 0.453 e. The van der Waals surface area contributed by atoms with E-state index in [1.54, 1.807) is 11.9 Å². The first-order chi connectivity index (χ1) is 9.63. The van der Waals surface area contributed by atoms with Crippen LogP contribution in [0.1, 0.15) is 18.4 Å². The smallest absolute Gasteiger partial charge is 0.410 e. The molecule has 1 atom stereocenters. The lowest BCUT2D eigenvalue weighted by Crippen LogP contribution is -2.46. The van der Waals surface area contributed by atoms with Crippen LogP contribution in [0.5, 0.6) is 0 Å². The van der Waals surface area contributed by atoms with Crippen LogP contribution >= 0.6 is 0 Å². The highest BCUT2D eigenvalue weighted by Gasteiger charge is 2.36. The summed E-state index contributed by atoms with van der Waals surface area (Å²) in [5, 5.41) is 0. The van der Waals surface area contributed by atoms with Crippen LogP contribution in [0.25, 0.3) is 0 Å². The molecule has 2 amide bonds. The Morgan fingerprint density at radius 1 is 1.35 bits per heavy atom. The third-order valence-electron chi connectivity index (χ3n) is 3.59. The maximum Gasteiger partial charge on any atom is 0.410 e. The molecule has 1 heterocycles. The summed E-state index contributed by atoms with van der Waals surface area (Å²) in [6.07, 6.45) is 1.12. The first-order valence-electron chi connectivity index (χ1n) is 6.77. The molecule has 5 nitrogen and oxygen atoms in total. The van der Waals surface area contributed by atoms with Gasteiger partial charge < -0.3 is 9.64 Å². The van der Waals surface area contributed by atoms with E-state index in [0.29, 0.717) is 19.5 Å². The number of nitrogens with zero attached hydrogens (tertiary/aromatic N) is 2. The molecular weight excluding hydrogens is 256 g/mol. The lowest BCUT2D eigenvalue weighted by atomic mass is 10.1. The summed E-state index contributed by atoms with van der Waals surface area (Å²) in [7, 11) is 3.11. The second kappa shape index (κ2) is 6.41. The van der Waals surface area contributed by atoms with Gasteiger partial charge in [-0.1, -0.05) is 30.3 Å². The van der Waals surface area contributed by atoms with Crippen LogP contribution in [0, 0.1) is 0 Å². The quantitative estimate of drug-likeness (QED) is 0.847. The molecular formula is C15H20N2O3. The summed E-state index contributed by atoms with van der Waals surface area (Å²) < 4.78 is 4.73. The van der Waals surface area contributed by atoms with Gasteiger partial charge in [0.05, 0.1) is 7.11 Å². The zero-order valence-electron chi connectivity index (χ0n) is 11.9. The molecule has 2 rings (SSSR count). The summed E-state index contributed by atoms with van der Waals surface area (Å²) in [5.74, 6) is -0.0308. The molecule has 0 saturated carbocycles. The maximum atomic E-state index is 12.5. The monoisotopic (exact) mass is 276 g/mol. The number of ether oxygens (including phenoxy) is 1. The average Bonchev–Trinajstić information content (AvgIpc) is 2.96. The average molecular weight is 276 g/mol. The zero-order chi connectivity index (χ0) is 14.5. The molecule has 1 aromatic carbocycles. The highest BCUT2D eigenvalue weighted by Crippen LogP contribution is 2.20. The van der Waals surface area contributed by atoms with E-state index in [-0.39, 0.29) is 5.91 Å². The first kappa shape index (κ1) is 14.4. The number of amides is 2. The second-order valence-electron chi connectivity index (χ2n) is 5.00. The van der Waals surface area contributed by atoms with Crippen LogP contribution < -0.4 is 0 Å². The molecule has 5 heteroatoms. The van der Waals surface area contributed by atoms with Crippen molar-refractivity contribution in [2.24, 2.45) is 0 Å². The van der Waals surface area contributed by atoms with Gasteiger partial charge in [-0.2, -0.15) is 0 Å². The van der Waals surface area contributed by atoms with Crippen molar-refractivity contribution in [1.82, 2.24) is 9.80 Å². The molecule has 108 valence electrons. The van der Waals surface area contributed by atoms with Gasteiger partial charge in [0, 0.05) is 20.1 Å². The minimum absolute atomic E-state index is 0.0308.